The fourth-order valence-corrected chi connectivity index (χ4v) is 6.55. The molecule has 1 saturated heterocycles. The van der Waals surface area contributed by atoms with Crippen molar-refractivity contribution in [1.29, 1.82) is 0 Å². The first-order valence-corrected chi connectivity index (χ1v) is 17.1. The van der Waals surface area contributed by atoms with Crippen LogP contribution < -0.4 is 31.3 Å². The number of hydrogen-bond acceptors (Lipinski definition) is 9. The van der Waals surface area contributed by atoms with Crippen molar-refractivity contribution in [2.75, 3.05) is 31.8 Å². The van der Waals surface area contributed by atoms with Crippen molar-refractivity contribution in [2.24, 2.45) is 5.73 Å². The van der Waals surface area contributed by atoms with Crippen LogP contribution in [-0.4, -0.2) is 90.7 Å². The molecule has 52 heavy (non-hydrogen) atoms. The fraction of sp³-hybridized carbons (Fsp3) is 0.286. The summed E-state index contributed by atoms with van der Waals surface area (Å²) < 4.78 is 11.6. The van der Waals surface area contributed by atoms with E-state index in [-0.39, 0.29) is 25.5 Å². The Hall–Kier alpha value is -5.72. The molecule has 0 radical (unpaired) electrons. The van der Waals surface area contributed by atoms with Crippen molar-refractivity contribution in [3.05, 3.63) is 81.4 Å². The van der Waals surface area contributed by atoms with Crippen LogP contribution in [0.5, 0.6) is 5.75 Å². The lowest BCUT2D eigenvalue weighted by atomic mass is 9.98. The number of nitrogens with zero attached hydrogens (tertiary/aromatic N) is 2. The van der Waals surface area contributed by atoms with Gasteiger partial charge in [0.15, 0.2) is 0 Å². The molecule has 2 aliphatic rings. The third-order valence-electron chi connectivity index (χ3n) is 8.52. The summed E-state index contributed by atoms with van der Waals surface area (Å²) in [5.41, 5.74) is 9.62. The number of primary amides is 1. The van der Waals surface area contributed by atoms with Gasteiger partial charge in [0.1, 0.15) is 31.1 Å². The quantitative estimate of drug-likeness (QED) is 0.149. The fourth-order valence-electron chi connectivity index (χ4n) is 6.07. The second-order valence-corrected chi connectivity index (χ2v) is 13.1. The van der Waals surface area contributed by atoms with Crippen molar-refractivity contribution in [2.45, 2.75) is 37.3 Å². The first kappa shape index (κ1) is 37.5. The lowest BCUT2D eigenvalue weighted by Crippen LogP contribution is -2.59. The van der Waals surface area contributed by atoms with Crippen molar-refractivity contribution < 1.29 is 48.1 Å². The Kier molecular flexibility index (Phi) is 11.9. The maximum atomic E-state index is 13.4. The molecule has 0 bridgehead atoms. The van der Waals surface area contributed by atoms with Gasteiger partial charge in [0.25, 0.3) is 0 Å². The van der Waals surface area contributed by atoms with Gasteiger partial charge < -0.3 is 36.3 Å². The summed E-state index contributed by atoms with van der Waals surface area (Å²) in [4.78, 5) is 91.1. The highest BCUT2D eigenvalue weighted by Crippen LogP contribution is 2.44. The number of imide groups is 1. The van der Waals surface area contributed by atoms with E-state index < -0.39 is 73.3 Å². The topological polar surface area (TPSA) is 227 Å². The molecule has 272 valence electrons. The second kappa shape index (κ2) is 16.5. The van der Waals surface area contributed by atoms with Crippen LogP contribution in [0.3, 0.4) is 0 Å². The molecule has 2 atom stereocenters. The Labute approximate surface area is 311 Å². The molecule has 0 unspecified atom stereocenters. The number of nitrogens with one attached hydrogen (secondary N) is 3. The Morgan fingerprint density at radius 3 is 2.17 bits per heavy atom. The maximum absolute atomic E-state index is 13.4. The number of anilines is 1. The molecule has 1 heterocycles. The number of hydrogen-bond donors (Lipinski definition) is 5. The number of ether oxygens (including phenoxy) is 2. The van der Waals surface area contributed by atoms with Crippen LogP contribution in [0.1, 0.15) is 36.3 Å². The van der Waals surface area contributed by atoms with Gasteiger partial charge in [-0.1, -0.05) is 48.5 Å². The molecule has 0 spiro atoms. The minimum Gasteiger partial charge on any atom is -0.495 e. The molecule has 1 aliphatic carbocycles. The molecule has 17 heteroatoms. The Balaban J connectivity index is 1.23. The van der Waals surface area contributed by atoms with Crippen LogP contribution in [0, 0.1) is 3.57 Å². The lowest BCUT2D eigenvalue weighted by molar-refractivity contribution is -0.141. The number of amides is 7. The van der Waals surface area contributed by atoms with Gasteiger partial charge in [-0.05, 0) is 63.0 Å². The van der Waals surface area contributed by atoms with Crippen molar-refractivity contribution in [3.63, 3.8) is 0 Å². The molecular weight excluding hydrogens is 791 g/mol. The van der Waals surface area contributed by atoms with E-state index in [1.807, 2.05) is 48.5 Å². The van der Waals surface area contributed by atoms with E-state index in [4.69, 9.17) is 15.2 Å². The van der Waals surface area contributed by atoms with Crippen LogP contribution in [0.2, 0.25) is 0 Å². The molecule has 5 rings (SSSR count). The summed E-state index contributed by atoms with van der Waals surface area (Å²) in [7, 11) is 1.43. The molecule has 6 N–H and O–H groups in total. The minimum absolute atomic E-state index is 0.0498. The van der Waals surface area contributed by atoms with Gasteiger partial charge in [0, 0.05) is 22.5 Å². The molecule has 7 amide bonds. The number of rotatable bonds is 14. The van der Waals surface area contributed by atoms with Crippen LogP contribution in [0.15, 0.2) is 66.7 Å². The molecule has 1 aliphatic heterocycles. The number of carboxylic acid groups (broad SMARTS) is 1. The number of benzene rings is 3. The van der Waals surface area contributed by atoms with E-state index in [9.17, 15) is 38.7 Å². The second-order valence-electron chi connectivity index (χ2n) is 11.9. The molecule has 1 fully saturated rings. The highest BCUT2D eigenvalue weighted by molar-refractivity contribution is 14.1. The third-order valence-corrected chi connectivity index (χ3v) is 9.20. The van der Waals surface area contributed by atoms with Crippen molar-refractivity contribution in [3.8, 4) is 16.9 Å². The average Bonchev–Trinajstić information content (AvgIpc) is 3.43. The number of carboxylic acids is 1. The zero-order valence-corrected chi connectivity index (χ0v) is 30.0. The van der Waals surface area contributed by atoms with E-state index in [1.165, 1.54) is 12.0 Å². The summed E-state index contributed by atoms with van der Waals surface area (Å²) in [5, 5.41) is 16.3. The molecule has 0 aromatic heterocycles. The maximum Gasteiger partial charge on any atom is 0.407 e. The standard InChI is InChI=1S/C35H35IN6O10/c1-51-28-11-10-19(36)14-27(28)41-13-12-30(44)42(35(41)50)18-38-32(47)26(16-31(45)46)39-33(48)25(15-29(37)43)40-34(49)52-17-24-22-8-4-2-6-20(22)21-7-3-5-9-23(21)24/h2-11,14,24-26H,12-13,15-18H2,1H3,(H2,37,43)(H,38,47)(H,39,48)(H,40,49)(H,45,46)/t25-,26-/m0/s1. The number of methoxy groups -OCH3 is 1. The SMILES string of the molecule is COc1ccc(I)cc1N1CCC(=O)N(CNC(=O)[C@H](CC(=O)O)NC(=O)[C@H](CC(N)=O)NC(=O)OCC2c3ccccc3-c3ccccc32)C1=O. The van der Waals surface area contributed by atoms with Crippen LogP contribution in [0.4, 0.5) is 15.3 Å². The molecule has 3 aromatic rings. The van der Waals surface area contributed by atoms with Gasteiger partial charge in [-0.15, -0.1) is 0 Å². The molecule has 16 nitrogen and oxygen atoms in total. The smallest absolute Gasteiger partial charge is 0.407 e. The first-order valence-electron chi connectivity index (χ1n) is 16.0. The number of carbonyl (C=O) groups is 7. The zero-order valence-electron chi connectivity index (χ0n) is 27.8. The summed E-state index contributed by atoms with van der Waals surface area (Å²) in [6.45, 7) is -0.696. The van der Waals surface area contributed by atoms with Gasteiger partial charge in [-0.2, -0.15) is 0 Å². The number of halogens is 1. The number of carbonyl (C=O) groups excluding carboxylic acids is 6. The van der Waals surface area contributed by atoms with Crippen LogP contribution in [0.25, 0.3) is 11.1 Å². The summed E-state index contributed by atoms with van der Waals surface area (Å²) in [6.07, 6.45) is -2.76. The predicted octanol–water partition coefficient (Wildman–Crippen LogP) is 2.27. The van der Waals surface area contributed by atoms with Crippen LogP contribution >= 0.6 is 22.6 Å². The Bertz CT molecular complexity index is 1880. The number of fused-ring (bicyclic) bond motifs is 3. The highest BCUT2D eigenvalue weighted by Gasteiger charge is 2.36. The number of nitrogens with two attached hydrogens (primary N) is 1. The number of urea groups is 1. The van der Waals surface area contributed by atoms with E-state index in [2.05, 4.69) is 38.5 Å². The minimum atomic E-state index is -1.74. The van der Waals surface area contributed by atoms with Gasteiger partial charge in [-0.3, -0.25) is 28.9 Å². The monoisotopic (exact) mass is 826 g/mol. The predicted molar refractivity (Wildman–Crippen MR) is 193 cm³/mol. The normalized spacial score (nSPS) is 14.8. The van der Waals surface area contributed by atoms with Gasteiger partial charge in [-0.25, -0.2) is 14.5 Å². The summed E-state index contributed by atoms with van der Waals surface area (Å²) >= 11 is 2.06. The van der Waals surface area contributed by atoms with E-state index in [1.54, 1.807) is 18.2 Å². The highest BCUT2D eigenvalue weighted by atomic mass is 127. The summed E-state index contributed by atoms with van der Waals surface area (Å²) in [5.74, 6) is -5.12. The number of aliphatic carboxylic acids is 1. The Morgan fingerprint density at radius 2 is 1.56 bits per heavy atom. The van der Waals surface area contributed by atoms with Crippen molar-refractivity contribution in [1.82, 2.24) is 20.9 Å². The van der Waals surface area contributed by atoms with Gasteiger partial charge in [0.05, 0.1) is 25.6 Å². The van der Waals surface area contributed by atoms with E-state index in [0.29, 0.717) is 11.4 Å². The first-order chi connectivity index (χ1) is 24.9. The average molecular weight is 827 g/mol. The van der Waals surface area contributed by atoms with E-state index >= 15 is 0 Å². The van der Waals surface area contributed by atoms with E-state index in [0.717, 1.165) is 30.7 Å². The van der Waals surface area contributed by atoms with Crippen molar-refractivity contribution >= 4 is 70.0 Å². The number of alkyl carbamates (subject to hydrolysis) is 1. The van der Waals surface area contributed by atoms with Crippen LogP contribution in [-0.2, 0) is 28.7 Å². The molecule has 3 aromatic carbocycles. The lowest BCUT2D eigenvalue weighted by Gasteiger charge is -2.35. The summed E-state index contributed by atoms with van der Waals surface area (Å²) in [6, 6.07) is 16.3. The van der Waals surface area contributed by atoms with Gasteiger partial charge in [0.2, 0.25) is 23.6 Å². The molecule has 0 saturated carbocycles. The largest absolute Gasteiger partial charge is 0.495 e. The third kappa shape index (κ3) is 8.59. The molecular formula is C35H35IN6O10. The Morgan fingerprint density at radius 1 is 0.923 bits per heavy atom. The van der Waals surface area contributed by atoms with Gasteiger partial charge >= 0.3 is 18.1 Å². The zero-order chi connectivity index (χ0) is 37.5.